The Balaban J connectivity index is 2.07. The summed E-state index contributed by atoms with van der Waals surface area (Å²) in [5.41, 5.74) is 2.34. The molecule has 0 heterocycles. The molecule has 1 atom stereocenters. The molecule has 3 aromatic rings. The zero-order valence-electron chi connectivity index (χ0n) is 23.0. The van der Waals surface area contributed by atoms with E-state index >= 15 is 0 Å². The molecule has 0 fully saturated rings. The van der Waals surface area contributed by atoms with Gasteiger partial charge in [0.1, 0.15) is 12.6 Å². The Bertz CT molecular complexity index is 1390. The third kappa shape index (κ3) is 9.11. The van der Waals surface area contributed by atoms with Crippen LogP contribution in [0.15, 0.2) is 78.9 Å². The molecule has 0 radical (unpaired) electrons. The number of nitrogens with zero attached hydrogens (tertiary/aromatic N) is 2. The first-order chi connectivity index (χ1) is 18.2. The minimum Gasteiger partial charge on any atom is -0.350 e. The number of carbonyl (C=O) groups excluding carboxylic acids is 2. The van der Waals surface area contributed by atoms with Crippen LogP contribution in [0.4, 0.5) is 5.69 Å². The van der Waals surface area contributed by atoms with Gasteiger partial charge in [-0.3, -0.25) is 13.9 Å². The van der Waals surface area contributed by atoms with Crippen molar-refractivity contribution in [3.63, 3.8) is 0 Å². The maximum atomic E-state index is 14.0. The van der Waals surface area contributed by atoms with Crippen molar-refractivity contribution in [2.24, 2.45) is 0 Å². The number of anilines is 1. The number of halogens is 1. The maximum absolute atomic E-state index is 14.0. The van der Waals surface area contributed by atoms with Crippen molar-refractivity contribution in [2.45, 2.75) is 52.2 Å². The Morgan fingerprint density at radius 3 is 2.13 bits per heavy atom. The lowest BCUT2D eigenvalue weighted by molar-refractivity contribution is -0.140. The van der Waals surface area contributed by atoms with Crippen molar-refractivity contribution < 1.29 is 18.0 Å². The molecule has 1 N–H and O–H groups in total. The standard InChI is InChI=1S/C30H36ClN3O4S/c1-22-10-9-13-26(18-22)34(39(5,37)38)21-28(35)33(20-24-14-16-25(31)17-15-24)27(29(36)32-30(2,3)4)19-23-11-7-6-8-12-23/h6-18,27H,19-21H2,1-5H3,(H,32,36)/t27-/m0/s1. The molecule has 39 heavy (non-hydrogen) atoms. The van der Waals surface area contributed by atoms with Gasteiger partial charge in [-0.25, -0.2) is 8.42 Å². The molecule has 0 aliphatic carbocycles. The molecule has 3 rings (SSSR count). The van der Waals surface area contributed by atoms with Gasteiger partial charge >= 0.3 is 0 Å². The first kappa shape index (κ1) is 30.2. The van der Waals surface area contributed by atoms with Crippen LogP contribution in [0.1, 0.15) is 37.5 Å². The fraction of sp³-hybridized carbons (Fsp3) is 0.333. The average Bonchev–Trinajstić information content (AvgIpc) is 2.84. The molecule has 0 spiro atoms. The van der Waals surface area contributed by atoms with Gasteiger partial charge in [0.2, 0.25) is 21.8 Å². The third-order valence-corrected chi connectivity index (χ3v) is 7.40. The smallest absolute Gasteiger partial charge is 0.244 e. The lowest BCUT2D eigenvalue weighted by Gasteiger charge is -2.35. The predicted molar refractivity (Wildman–Crippen MR) is 157 cm³/mol. The van der Waals surface area contributed by atoms with Gasteiger partial charge in [-0.15, -0.1) is 0 Å². The molecule has 0 unspecified atom stereocenters. The summed E-state index contributed by atoms with van der Waals surface area (Å²) >= 11 is 6.09. The van der Waals surface area contributed by atoms with Gasteiger partial charge in [0.05, 0.1) is 11.9 Å². The molecule has 3 aromatic carbocycles. The van der Waals surface area contributed by atoms with E-state index in [1.165, 1.54) is 4.90 Å². The highest BCUT2D eigenvalue weighted by Gasteiger charge is 2.34. The van der Waals surface area contributed by atoms with Gasteiger partial charge in [0.25, 0.3) is 0 Å². The van der Waals surface area contributed by atoms with Crippen LogP contribution in [-0.2, 0) is 32.6 Å². The molecule has 0 aliphatic heterocycles. The molecule has 0 saturated heterocycles. The third-order valence-electron chi connectivity index (χ3n) is 6.00. The van der Waals surface area contributed by atoms with Gasteiger partial charge in [-0.05, 0) is 68.7 Å². The van der Waals surface area contributed by atoms with Gasteiger partial charge in [0, 0.05) is 23.5 Å². The highest BCUT2D eigenvalue weighted by atomic mass is 35.5. The fourth-order valence-corrected chi connectivity index (χ4v) is 5.16. The highest BCUT2D eigenvalue weighted by molar-refractivity contribution is 7.92. The van der Waals surface area contributed by atoms with Crippen molar-refractivity contribution in [3.05, 3.63) is 101 Å². The molecule has 9 heteroatoms. The minimum atomic E-state index is -3.81. The second-order valence-corrected chi connectivity index (χ2v) is 13.0. The van der Waals surface area contributed by atoms with E-state index in [-0.39, 0.29) is 18.9 Å². The summed E-state index contributed by atoms with van der Waals surface area (Å²) in [5, 5.41) is 3.55. The molecule has 0 bridgehead atoms. The van der Waals surface area contributed by atoms with E-state index in [9.17, 15) is 18.0 Å². The molecular formula is C30H36ClN3O4S. The van der Waals surface area contributed by atoms with Crippen molar-refractivity contribution in [1.82, 2.24) is 10.2 Å². The van der Waals surface area contributed by atoms with Gasteiger partial charge in [0.15, 0.2) is 0 Å². The Kier molecular flexibility index (Phi) is 9.80. The Morgan fingerprint density at radius 1 is 0.923 bits per heavy atom. The van der Waals surface area contributed by atoms with Crippen LogP contribution in [0, 0.1) is 6.92 Å². The topological polar surface area (TPSA) is 86.8 Å². The minimum absolute atomic E-state index is 0.0937. The summed E-state index contributed by atoms with van der Waals surface area (Å²) in [7, 11) is -3.81. The van der Waals surface area contributed by atoms with Gasteiger partial charge in [-0.2, -0.15) is 0 Å². The van der Waals surface area contributed by atoms with Gasteiger partial charge in [-0.1, -0.05) is 66.2 Å². The lowest BCUT2D eigenvalue weighted by atomic mass is 10.0. The van der Waals surface area contributed by atoms with Crippen LogP contribution in [0.25, 0.3) is 0 Å². The number of aryl methyl sites for hydroxylation is 1. The SMILES string of the molecule is Cc1cccc(N(CC(=O)N(Cc2ccc(Cl)cc2)[C@@H](Cc2ccccc2)C(=O)NC(C)(C)C)S(C)(=O)=O)c1. The maximum Gasteiger partial charge on any atom is 0.244 e. The fourth-order valence-electron chi connectivity index (χ4n) is 4.19. The number of sulfonamides is 1. The van der Waals surface area contributed by atoms with Crippen LogP contribution in [0.5, 0.6) is 0 Å². The summed E-state index contributed by atoms with van der Waals surface area (Å²) in [6, 6.07) is 22.5. The van der Waals surface area contributed by atoms with E-state index in [2.05, 4.69) is 5.32 Å². The second-order valence-electron chi connectivity index (χ2n) is 10.7. The predicted octanol–water partition coefficient (Wildman–Crippen LogP) is 4.97. The van der Waals surface area contributed by atoms with Crippen molar-refractivity contribution in [1.29, 1.82) is 0 Å². The first-order valence-corrected chi connectivity index (χ1v) is 14.9. The van der Waals surface area contributed by atoms with Crippen LogP contribution < -0.4 is 9.62 Å². The molecule has 208 valence electrons. The molecule has 0 aliphatic rings. The quantitative estimate of drug-likeness (QED) is 0.373. The van der Waals surface area contributed by atoms with Crippen LogP contribution in [0.3, 0.4) is 0 Å². The van der Waals surface area contributed by atoms with Crippen LogP contribution in [-0.4, -0.2) is 49.5 Å². The zero-order chi connectivity index (χ0) is 28.8. The Morgan fingerprint density at radius 2 is 1.56 bits per heavy atom. The molecule has 7 nitrogen and oxygen atoms in total. The van der Waals surface area contributed by atoms with E-state index in [4.69, 9.17) is 11.6 Å². The van der Waals surface area contributed by atoms with Gasteiger partial charge < -0.3 is 10.2 Å². The molecule has 2 amide bonds. The van der Waals surface area contributed by atoms with E-state index in [1.807, 2.05) is 64.1 Å². The average molecular weight is 570 g/mol. The number of hydrogen-bond acceptors (Lipinski definition) is 4. The summed E-state index contributed by atoms with van der Waals surface area (Å²) in [5.74, 6) is -0.822. The molecular weight excluding hydrogens is 534 g/mol. The summed E-state index contributed by atoms with van der Waals surface area (Å²) in [6.07, 6.45) is 1.32. The number of nitrogens with one attached hydrogen (secondary N) is 1. The van der Waals surface area contributed by atoms with E-state index in [0.717, 1.165) is 27.3 Å². The zero-order valence-corrected chi connectivity index (χ0v) is 24.6. The van der Waals surface area contributed by atoms with E-state index in [0.29, 0.717) is 10.7 Å². The lowest BCUT2D eigenvalue weighted by Crippen LogP contribution is -2.56. The monoisotopic (exact) mass is 569 g/mol. The normalized spacial score (nSPS) is 12.5. The first-order valence-electron chi connectivity index (χ1n) is 12.7. The van der Waals surface area contributed by atoms with E-state index in [1.54, 1.807) is 42.5 Å². The molecule has 0 saturated carbocycles. The number of carbonyl (C=O) groups is 2. The largest absolute Gasteiger partial charge is 0.350 e. The Labute approximate surface area is 236 Å². The van der Waals surface area contributed by atoms with Crippen molar-refractivity contribution >= 4 is 39.1 Å². The van der Waals surface area contributed by atoms with Crippen LogP contribution >= 0.6 is 11.6 Å². The number of rotatable bonds is 10. The van der Waals surface area contributed by atoms with Crippen molar-refractivity contribution in [3.8, 4) is 0 Å². The number of benzene rings is 3. The summed E-state index contributed by atoms with van der Waals surface area (Å²) in [4.78, 5) is 29.2. The molecule has 0 aromatic heterocycles. The number of hydrogen-bond donors (Lipinski definition) is 1. The Hall–Kier alpha value is -3.36. The summed E-state index contributed by atoms with van der Waals surface area (Å²) < 4.78 is 26.8. The second kappa shape index (κ2) is 12.7. The van der Waals surface area contributed by atoms with Crippen LogP contribution in [0.2, 0.25) is 5.02 Å². The summed E-state index contributed by atoms with van der Waals surface area (Å²) in [6.45, 7) is 7.11. The highest BCUT2D eigenvalue weighted by Crippen LogP contribution is 2.22. The van der Waals surface area contributed by atoms with Crippen molar-refractivity contribution in [2.75, 3.05) is 17.1 Å². The number of amides is 2. The van der Waals surface area contributed by atoms with E-state index < -0.39 is 34.1 Å².